The van der Waals surface area contributed by atoms with Crippen molar-refractivity contribution in [2.24, 2.45) is 34.5 Å². The van der Waals surface area contributed by atoms with Crippen molar-refractivity contribution in [3.63, 3.8) is 0 Å². The molecule has 0 saturated heterocycles. The van der Waals surface area contributed by atoms with E-state index in [2.05, 4.69) is 11.8 Å². The second-order valence-electron chi connectivity index (χ2n) is 11.0. The molecule has 34 heavy (non-hydrogen) atoms. The first kappa shape index (κ1) is 24.4. The third kappa shape index (κ3) is 3.73. The number of hydrogen-bond donors (Lipinski definition) is 1. The lowest BCUT2D eigenvalue weighted by Gasteiger charge is -2.60. The van der Waals surface area contributed by atoms with Crippen molar-refractivity contribution in [1.82, 2.24) is 0 Å². The van der Waals surface area contributed by atoms with E-state index in [0.717, 1.165) is 5.57 Å². The minimum Gasteiger partial charge on any atom is -0.481 e. The van der Waals surface area contributed by atoms with Crippen LogP contribution in [-0.4, -0.2) is 39.2 Å². The van der Waals surface area contributed by atoms with Crippen LogP contribution in [0.3, 0.4) is 0 Å². The lowest BCUT2D eigenvalue weighted by molar-refractivity contribution is -0.787. The van der Waals surface area contributed by atoms with E-state index in [-0.39, 0.29) is 48.4 Å². The molecule has 3 saturated carbocycles. The number of hydrogen-bond acceptors (Lipinski definition) is 8. The molecule has 4 aliphatic carbocycles. The minimum atomic E-state index is -1.14. The molecule has 0 unspecified atom stereocenters. The van der Waals surface area contributed by atoms with Gasteiger partial charge in [-0.1, -0.05) is 19.4 Å². The first-order valence-corrected chi connectivity index (χ1v) is 12.0. The van der Waals surface area contributed by atoms with Crippen LogP contribution in [0.1, 0.15) is 71.6 Å². The summed E-state index contributed by atoms with van der Waals surface area (Å²) in [7, 11) is 0. The summed E-state index contributed by atoms with van der Waals surface area (Å²) in [6, 6.07) is 0. The zero-order valence-corrected chi connectivity index (χ0v) is 19.6. The fourth-order valence-corrected chi connectivity index (χ4v) is 8.15. The molecule has 0 radical (unpaired) electrons. The molecule has 4 aliphatic rings. The highest BCUT2D eigenvalue weighted by atomic mass is 17.0. The molecule has 11 heteroatoms. The number of carboxylic acid groups (broad SMARTS) is 1. The topological polar surface area (TPSA) is 159 Å². The van der Waals surface area contributed by atoms with Gasteiger partial charge < -0.3 is 14.8 Å². The van der Waals surface area contributed by atoms with Crippen LogP contribution >= 0.6 is 0 Å². The maximum Gasteiger partial charge on any atom is 0.307 e. The van der Waals surface area contributed by atoms with Gasteiger partial charge in [-0.05, 0) is 80.6 Å². The van der Waals surface area contributed by atoms with Crippen molar-refractivity contribution >= 4 is 11.8 Å². The van der Waals surface area contributed by atoms with Gasteiger partial charge in [-0.3, -0.25) is 9.59 Å². The molecule has 0 aliphatic heterocycles. The average Bonchev–Trinajstić information content (AvgIpc) is 3.03. The van der Waals surface area contributed by atoms with Crippen LogP contribution in [0.15, 0.2) is 11.6 Å². The van der Waals surface area contributed by atoms with E-state index in [1.165, 1.54) is 0 Å². The number of fused-ring (bicyclic) bond motifs is 5. The largest absolute Gasteiger partial charge is 0.481 e. The Balaban J connectivity index is 1.69. The van der Waals surface area contributed by atoms with E-state index in [1.807, 2.05) is 6.92 Å². The monoisotopic (exact) mass is 480 g/mol. The normalized spacial score (nSPS) is 40.9. The summed E-state index contributed by atoms with van der Waals surface area (Å²) >= 11 is 0. The lowest BCUT2D eigenvalue weighted by Crippen LogP contribution is -2.59. The Hall–Kier alpha value is -2.72. The standard InChI is InChI=1S/C23H32N2O9/c1-21-8-4-15(26)12-14(21)13-16(20(27)28)19-17(21)5-9-22(2)18(19)6-10-23(22,34-25(31)32)7-3-11-33-24(29)30/h12,16-19H,3-11,13H2,1-2H3,(H,27,28)/t16-,17+,18+,19-,21+,22+,23+/m1/s1. The van der Waals surface area contributed by atoms with Crippen molar-refractivity contribution in [1.29, 1.82) is 0 Å². The third-order valence-electron chi connectivity index (χ3n) is 9.79. The highest BCUT2D eigenvalue weighted by molar-refractivity contribution is 5.92. The first-order valence-electron chi connectivity index (χ1n) is 12.0. The van der Waals surface area contributed by atoms with Crippen LogP contribution in [0.25, 0.3) is 0 Å². The molecule has 7 atom stereocenters. The molecule has 0 amide bonds. The highest BCUT2D eigenvalue weighted by Gasteiger charge is 2.67. The average molecular weight is 481 g/mol. The molecule has 1 N–H and O–H groups in total. The van der Waals surface area contributed by atoms with Gasteiger partial charge in [0.25, 0.3) is 10.2 Å². The van der Waals surface area contributed by atoms with Crippen molar-refractivity contribution in [2.45, 2.75) is 77.2 Å². The van der Waals surface area contributed by atoms with Gasteiger partial charge in [0.15, 0.2) is 5.78 Å². The van der Waals surface area contributed by atoms with Crippen molar-refractivity contribution < 1.29 is 34.5 Å². The van der Waals surface area contributed by atoms with Crippen molar-refractivity contribution in [3.8, 4) is 0 Å². The molecule has 0 spiro atoms. The predicted octanol–water partition coefficient (Wildman–Crippen LogP) is 3.76. The van der Waals surface area contributed by atoms with E-state index < -0.39 is 33.1 Å². The number of aliphatic carboxylic acids is 1. The summed E-state index contributed by atoms with van der Waals surface area (Å²) in [5.74, 6) is -1.72. The molecule has 3 fully saturated rings. The van der Waals surface area contributed by atoms with Crippen molar-refractivity contribution in [3.05, 3.63) is 31.9 Å². The Kier molecular flexibility index (Phi) is 6.10. The number of rotatable bonds is 8. The van der Waals surface area contributed by atoms with E-state index >= 15 is 0 Å². The maximum atomic E-state index is 12.4. The molecule has 0 aromatic rings. The van der Waals surface area contributed by atoms with Gasteiger partial charge in [-0.2, -0.15) is 0 Å². The van der Waals surface area contributed by atoms with E-state index in [0.29, 0.717) is 44.9 Å². The van der Waals surface area contributed by atoms with Gasteiger partial charge >= 0.3 is 5.97 Å². The predicted molar refractivity (Wildman–Crippen MR) is 116 cm³/mol. The number of carboxylic acids is 1. The zero-order chi connectivity index (χ0) is 24.9. The molecular formula is C23H32N2O9. The van der Waals surface area contributed by atoms with Gasteiger partial charge in [-0.15, -0.1) is 20.2 Å². The van der Waals surface area contributed by atoms with Crippen LogP contribution < -0.4 is 0 Å². The number of carbonyl (C=O) groups is 2. The number of nitrogens with zero attached hydrogens (tertiary/aromatic N) is 2. The van der Waals surface area contributed by atoms with Crippen molar-refractivity contribution in [2.75, 3.05) is 6.61 Å². The van der Waals surface area contributed by atoms with E-state index in [4.69, 9.17) is 4.84 Å². The Bertz CT molecular complexity index is 935. The highest BCUT2D eigenvalue weighted by Crippen LogP contribution is 2.70. The van der Waals surface area contributed by atoms with E-state index in [9.17, 15) is 34.9 Å². The molecule has 0 bridgehead atoms. The van der Waals surface area contributed by atoms with Crippen LogP contribution in [0.4, 0.5) is 0 Å². The Labute approximate surface area is 197 Å². The van der Waals surface area contributed by atoms with Gasteiger partial charge in [0, 0.05) is 11.8 Å². The fraction of sp³-hybridized carbons (Fsp3) is 0.826. The van der Waals surface area contributed by atoms with Gasteiger partial charge in [0.2, 0.25) is 0 Å². The van der Waals surface area contributed by atoms with Crippen LogP contribution in [0, 0.1) is 54.7 Å². The Morgan fingerprint density at radius 1 is 1.15 bits per heavy atom. The van der Waals surface area contributed by atoms with Crippen LogP contribution in [0.5, 0.6) is 0 Å². The summed E-state index contributed by atoms with van der Waals surface area (Å²) in [4.78, 5) is 56.5. The zero-order valence-electron chi connectivity index (χ0n) is 19.6. The molecule has 188 valence electrons. The SMILES string of the molecule is C[C@]12CCC(=O)C=C1C[C@@H](C(=O)O)[C@@H]1[C@@H]2CC[C@@]2(C)[C@H]1CC[C@]2(CCCO[N+](=O)[O-])O[N+](=O)[O-]. The second-order valence-corrected chi connectivity index (χ2v) is 11.0. The Morgan fingerprint density at radius 2 is 1.85 bits per heavy atom. The summed E-state index contributed by atoms with van der Waals surface area (Å²) < 4.78 is 0. The lowest BCUT2D eigenvalue weighted by atomic mass is 9.44. The number of ketones is 1. The maximum absolute atomic E-state index is 12.4. The minimum absolute atomic E-state index is 0.0481. The molecule has 0 aromatic heterocycles. The Morgan fingerprint density at radius 3 is 2.50 bits per heavy atom. The molecule has 0 heterocycles. The summed E-state index contributed by atoms with van der Waals surface area (Å²) in [6.45, 7) is 3.94. The quantitative estimate of drug-likeness (QED) is 0.310. The number of carbonyl (C=O) groups excluding carboxylic acids is 1. The second kappa shape index (κ2) is 8.49. The van der Waals surface area contributed by atoms with E-state index in [1.54, 1.807) is 6.08 Å². The molecule has 11 nitrogen and oxygen atoms in total. The summed E-state index contributed by atoms with van der Waals surface area (Å²) in [5, 5.41) is 30.6. The summed E-state index contributed by atoms with van der Waals surface area (Å²) in [5.41, 5.74) is -1.11. The fourth-order valence-electron chi connectivity index (χ4n) is 8.15. The third-order valence-corrected chi connectivity index (χ3v) is 9.79. The first-order chi connectivity index (χ1) is 15.9. The smallest absolute Gasteiger partial charge is 0.307 e. The molecule has 4 rings (SSSR count). The van der Waals surface area contributed by atoms with Gasteiger partial charge in [0.05, 0.1) is 12.5 Å². The molecular weight excluding hydrogens is 448 g/mol. The van der Waals surface area contributed by atoms with Crippen LogP contribution in [0.2, 0.25) is 0 Å². The van der Waals surface area contributed by atoms with Crippen LogP contribution in [-0.2, 0) is 19.3 Å². The summed E-state index contributed by atoms with van der Waals surface area (Å²) in [6.07, 6.45) is 5.89. The van der Waals surface area contributed by atoms with Gasteiger partial charge in [-0.25, -0.2) is 0 Å². The van der Waals surface area contributed by atoms with Gasteiger partial charge in [0.1, 0.15) is 5.60 Å². The number of allylic oxidation sites excluding steroid dienone is 1. The molecule has 0 aromatic carbocycles.